The highest BCUT2D eigenvalue weighted by molar-refractivity contribution is 5.86. The standard InChI is InChI=1S/2C7H7NO2.C4H10N2.2H2O/c2*8-6-3-1-5(2-4-6)7(9)10;1-2-6-4-3-5-1;;/h2*1-4H,8H2,(H,9,10);5-6H,1-4H2;2*1H2. The number of nitrogens with two attached hydrogens (primary N) is 4. The molecule has 0 aliphatic carbocycles. The number of carbonyl (C=O) groups is 2. The third-order valence-electron chi connectivity index (χ3n) is 3.44. The highest BCUT2D eigenvalue weighted by Crippen LogP contribution is 2.04. The first-order valence-electron chi connectivity index (χ1n) is 8.17. The lowest BCUT2D eigenvalue weighted by molar-refractivity contribution is -0.787. The Hall–Kier alpha value is -3.18. The Morgan fingerprint density at radius 2 is 0.893 bits per heavy atom. The van der Waals surface area contributed by atoms with Gasteiger partial charge in [-0.05, 0) is 35.4 Å². The van der Waals surface area contributed by atoms with E-state index in [9.17, 15) is 19.8 Å². The fourth-order valence-corrected chi connectivity index (χ4v) is 2.00. The molecule has 28 heavy (non-hydrogen) atoms. The molecule has 1 fully saturated rings. The highest BCUT2D eigenvalue weighted by atomic mass is 16.4. The molecule has 10 nitrogen and oxygen atoms in total. The third kappa shape index (κ3) is 11.4. The lowest BCUT2D eigenvalue weighted by Gasteiger charge is -2.04. The van der Waals surface area contributed by atoms with Gasteiger partial charge >= 0.3 is 0 Å². The molecule has 10 heteroatoms. The molecule has 0 bridgehead atoms. The van der Waals surface area contributed by atoms with Gasteiger partial charge in [0.25, 0.3) is 0 Å². The van der Waals surface area contributed by atoms with Gasteiger partial charge in [-0.25, -0.2) is 0 Å². The summed E-state index contributed by atoms with van der Waals surface area (Å²) in [4.78, 5) is 20.3. The summed E-state index contributed by atoms with van der Waals surface area (Å²) < 4.78 is 0. The second-order valence-corrected chi connectivity index (χ2v) is 5.55. The average molecular weight is 396 g/mol. The molecule has 0 unspecified atom stereocenters. The van der Waals surface area contributed by atoms with E-state index in [-0.39, 0.29) is 22.1 Å². The number of nitrogen functional groups attached to an aromatic ring is 2. The molecule has 2 aromatic carbocycles. The summed E-state index contributed by atoms with van der Waals surface area (Å²) in [6, 6.07) is 11.7. The molecule has 1 saturated heterocycles. The Kier molecular flexibility index (Phi) is 14.4. The number of carboxylic acids is 2. The number of quaternary nitrogens is 2. The molecule has 1 heterocycles. The fourth-order valence-electron chi connectivity index (χ4n) is 2.00. The van der Waals surface area contributed by atoms with E-state index >= 15 is 0 Å². The van der Waals surface area contributed by atoms with Crippen molar-refractivity contribution in [1.29, 1.82) is 0 Å². The van der Waals surface area contributed by atoms with E-state index in [1.54, 1.807) is 0 Å². The first-order chi connectivity index (χ1) is 12.4. The molecule has 1 aliphatic rings. The summed E-state index contributed by atoms with van der Waals surface area (Å²) in [5.41, 5.74) is 12.0. The number of carboxylic acid groups (broad SMARTS) is 2. The van der Waals surface area contributed by atoms with Crippen LogP contribution in [0.1, 0.15) is 20.7 Å². The summed E-state index contributed by atoms with van der Waals surface area (Å²) >= 11 is 0. The van der Waals surface area contributed by atoms with Gasteiger partial charge in [0.05, 0.1) is 11.9 Å². The molecule has 156 valence electrons. The van der Waals surface area contributed by atoms with Crippen LogP contribution in [0.15, 0.2) is 48.5 Å². The van der Waals surface area contributed by atoms with E-state index in [1.165, 1.54) is 74.7 Å². The molecular weight excluding hydrogens is 368 g/mol. The van der Waals surface area contributed by atoms with Gasteiger partial charge in [-0.1, -0.05) is 24.3 Å². The Morgan fingerprint density at radius 3 is 1.07 bits per heavy atom. The molecule has 2 aromatic rings. The summed E-state index contributed by atoms with van der Waals surface area (Å²) in [7, 11) is 0. The van der Waals surface area contributed by atoms with E-state index < -0.39 is 11.9 Å². The van der Waals surface area contributed by atoms with Crippen molar-refractivity contribution in [3.63, 3.8) is 0 Å². The maximum absolute atomic E-state index is 10.2. The Labute approximate surface area is 162 Å². The number of aromatic carboxylic acids is 2. The van der Waals surface area contributed by atoms with Gasteiger partial charge in [-0.3, -0.25) is 0 Å². The maximum Gasteiger partial charge on any atom is 0.125 e. The number of hydrogen-bond acceptors (Lipinski definition) is 6. The third-order valence-corrected chi connectivity index (χ3v) is 3.44. The van der Waals surface area contributed by atoms with E-state index in [0.717, 1.165) is 0 Å². The minimum atomic E-state index is -1.18. The number of benzene rings is 2. The topological polar surface area (TPSA) is 229 Å². The van der Waals surface area contributed by atoms with Crippen LogP contribution in [0, 0.1) is 0 Å². The Morgan fingerprint density at radius 1 is 0.643 bits per heavy atom. The number of anilines is 2. The van der Waals surface area contributed by atoms with Crippen LogP contribution in [0.3, 0.4) is 0 Å². The summed E-state index contributed by atoms with van der Waals surface area (Å²) in [6.45, 7) is 5.28. The van der Waals surface area contributed by atoms with Crippen molar-refractivity contribution in [1.82, 2.24) is 0 Å². The maximum atomic E-state index is 10.2. The van der Waals surface area contributed by atoms with Crippen molar-refractivity contribution in [2.75, 3.05) is 37.6 Å². The zero-order valence-corrected chi connectivity index (χ0v) is 15.4. The van der Waals surface area contributed by atoms with Crippen LogP contribution in [0.5, 0.6) is 0 Å². The first kappa shape index (κ1) is 27.0. The van der Waals surface area contributed by atoms with Gasteiger partial charge in [-0.2, -0.15) is 0 Å². The molecule has 1 aliphatic heterocycles. The molecule has 0 saturated carbocycles. The lowest BCUT2D eigenvalue weighted by Crippen LogP contribution is -3.04. The predicted octanol–water partition coefficient (Wildman–Crippen LogP) is -5.26. The van der Waals surface area contributed by atoms with Crippen molar-refractivity contribution < 1.29 is 41.4 Å². The first-order valence-corrected chi connectivity index (χ1v) is 8.17. The number of hydrogen-bond donors (Lipinski definition) is 4. The van der Waals surface area contributed by atoms with E-state index in [4.69, 9.17) is 11.5 Å². The number of rotatable bonds is 2. The summed E-state index contributed by atoms with van der Waals surface area (Å²) in [5, 5.41) is 25.0. The molecule has 0 radical (unpaired) electrons. The number of carbonyl (C=O) groups excluding carboxylic acids is 2. The van der Waals surface area contributed by atoms with Gasteiger partial charge in [0, 0.05) is 11.4 Å². The molecule has 0 aromatic heterocycles. The Balaban J connectivity index is 0. The zero-order valence-electron chi connectivity index (χ0n) is 15.4. The van der Waals surface area contributed by atoms with Gasteiger partial charge in [0.1, 0.15) is 26.2 Å². The summed E-state index contributed by atoms with van der Waals surface area (Å²) in [6.07, 6.45) is 0. The molecule has 0 spiro atoms. The molecule has 3 rings (SSSR count). The van der Waals surface area contributed by atoms with Crippen LogP contribution in [-0.4, -0.2) is 49.1 Å². The SMILES string of the molecule is C1C[NH2+]CC[NH2+]1.Nc1ccc(C(=O)[O-])cc1.Nc1ccc(C(=O)[O-])cc1.O.O. The van der Waals surface area contributed by atoms with Crippen molar-refractivity contribution in [3.8, 4) is 0 Å². The highest BCUT2D eigenvalue weighted by Gasteiger charge is 1.99. The fraction of sp³-hybridized carbons (Fsp3) is 0.222. The smallest absolute Gasteiger partial charge is 0.125 e. The van der Waals surface area contributed by atoms with Gasteiger partial charge in [0.15, 0.2) is 0 Å². The van der Waals surface area contributed by atoms with Crippen LogP contribution in [0.2, 0.25) is 0 Å². The average Bonchev–Trinajstić information content (AvgIpc) is 2.65. The van der Waals surface area contributed by atoms with Crippen LogP contribution < -0.4 is 32.3 Å². The second-order valence-electron chi connectivity index (χ2n) is 5.55. The van der Waals surface area contributed by atoms with Crippen molar-refractivity contribution in [2.45, 2.75) is 0 Å². The Bertz CT molecular complexity index is 621. The summed E-state index contributed by atoms with van der Waals surface area (Å²) in [5.74, 6) is -2.36. The van der Waals surface area contributed by atoms with Gasteiger partial charge in [-0.15, -0.1) is 0 Å². The number of piperazine rings is 1. The van der Waals surface area contributed by atoms with E-state index in [1.807, 2.05) is 0 Å². The van der Waals surface area contributed by atoms with Crippen LogP contribution in [0.4, 0.5) is 11.4 Å². The second kappa shape index (κ2) is 14.9. The van der Waals surface area contributed by atoms with Gasteiger partial charge in [0.2, 0.25) is 0 Å². The van der Waals surface area contributed by atoms with Crippen LogP contribution >= 0.6 is 0 Å². The van der Waals surface area contributed by atoms with Crippen molar-refractivity contribution in [3.05, 3.63) is 59.7 Å². The van der Waals surface area contributed by atoms with Crippen LogP contribution in [0.25, 0.3) is 0 Å². The molecule has 0 amide bonds. The molecule has 0 atom stereocenters. The van der Waals surface area contributed by atoms with Crippen molar-refractivity contribution in [2.24, 2.45) is 0 Å². The normalized spacial score (nSPS) is 11.7. The monoisotopic (exact) mass is 396 g/mol. The minimum Gasteiger partial charge on any atom is -0.545 e. The van der Waals surface area contributed by atoms with Gasteiger partial charge < -0.3 is 52.9 Å². The quantitative estimate of drug-likeness (QED) is 0.362. The zero-order chi connectivity index (χ0) is 19.4. The largest absolute Gasteiger partial charge is 0.545 e. The lowest BCUT2D eigenvalue weighted by atomic mass is 10.2. The predicted molar refractivity (Wildman–Crippen MR) is 101 cm³/mol. The minimum absolute atomic E-state index is 0. The van der Waals surface area contributed by atoms with E-state index in [2.05, 4.69) is 10.6 Å². The van der Waals surface area contributed by atoms with E-state index in [0.29, 0.717) is 11.4 Å². The molecular formula is C18H28N4O6. The van der Waals surface area contributed by atoms with Crippen molar-refractivity contribution >= 4 is 23.3 Å². The molecule has 12 N–H and O–H groups in total. The van der Waals surface area contributed by atoms with Crippen LogP contribution in [-0.2, 0) is 0 Å².